The van der Waals surface area contributed by atoms with Gasteiger partial charge in [0.2, 0.25) is 0 Å². The van der Waals surface area contributed by atoms with Crippen LogP contribution < -0.4 is 11.3 Å². The zero-order chi connectivity index (χ0) is 11.6. The quantitative estimate of drug-likeness (QED) is 0.814. The number of anilines is 1. The molecule has 84 valence electrons. The molecule has 0 fully saturated rings. The maximum absolute atomic E-state index is 11.6. The van der Waals surface area contributed by atoms with Gasteiger partial charge in [-0.05, 0) is 26.3 Å². The van der Waals surface area contributed by atoms with E-state index in [0.717, 1.165) is 5.56 Å². The molecular formula is C11H18N2O2. The number of aromatic nitrogens is 1. The van der Waals surface area contributed by atoms with E-state index in [0.29, 0.717) is 12.2 Å². The first kappa shape index (κ1) is 11.8. The molecule has 2 N–H and O–H groups in total. The first-order valence-electron chi connectivity index (χ1n) is 4.87. The van der Waals surface area contributed by atoms with E-state index >= 15 is 0 Å². The van der Waals surface area contributed by atoms with Crippen LogP contribution in [0.25, 0.3) is 0 Å². The van der Waals surface area contributed by atoms with E-state index in [1.165, 1.54) is 0 Å². The van der Waals surface area contributed by atoms with E-state index in [1.807, 2.05) is 20.8 Å². The molecule has 4 nitrogen and oxygen atoms in total. The number of nitrogens with two attached hydrogens (primary N) is 1. The minimum absolute atomic E-state index is 0.0492. The number of hydrogen-bond donors (Lipinski definition) is 1. The number of rotatable bonds is 3. The Labute approximate surface area is 89.7 Å². The van der Waals surface area contributed by atoms with E-state index in [9.17, 15) is 4.79 Å². The molecule has 0 saturated heterocycles. The van der Waals surface area contributed by atoms with Gasteiger partial charge in [-0.25, -0.2) is 0 Å². The number of methoxy groups -OCH3 is 1. The molecule has 1 rings (SSSR count). The minimum Gasteiger partial charge on any atom is -0.397 e. The Bertz CT molecular complexity index is 408. The Kier molecular flexibility index (Phi) is 3.19. The fourth-order valence-electron chi connectivity index (χ4n) is 1.28. The number of aryl methyl sites for hydroxylation is 1. The maximum atomic E-state index is 11.6. The van der Waals surface area contributed by atoms with Crippen LogP contribution in [-0.4, -0.2) is 17.3 Å². The standard InChI is InChI=1S/C11H18N2O2/c1-8-5-10(14)13(6-9(8)12)7-11(2,3)15-4/h5-6H,7,12H2,1-4H3. The van der Waals surface area contributed by atoms with Gasteiger partial charge in [-0.15, -0.1) is 0 Å². The van der Waals surface area contributed by atoms with Gasteiger partial charge in [-0.2, -0.15) is 0 Å². The van der Waals surface area contributed by atoms with Crippen LogP contribution in [0.1, 0.15) is 19.4 Å². The monoisotopic (exact) mass is 210 g/mol. The average Bonchev–Trinajstić information content (AvgIpc) is 2.14. The van der Waals surface area contributed by atoms with Crippen LogP contribution in [-0.2, 0) is 11.3 Å². The third-order valence-electron chi connectivity index (χ3n) is 2.48. The van der Waals surface area contributed by atoms with Crippen molar-refractivity contribution in [2.45, 2.75) is 32.9 Å². The minimum atomic E-state index is -0.370. The van der Waals surface area contributed by atoms with Crippen molar-refractivity contribution in [3.8, 4) is 0 Å². The van der Waals surface area contributed by atoms with Crippen LogP contribution in [0.15, 0.2) is 17.1 Å². The number of ether oxygens (including phenoxy) is 1. The van der Waals surface area contributed by atoms with Gasteiger partial charge in [0.25, 0.3) is 5.56 Å². The Morgan fingerprint density at radius 3 is 2.67 bits per heavy atom. The van der Waals surface area contributed by atoms with Crippen molar-refractivity contribution in [1.82, 2.24) is 4.57 Å². The van der Waals surface area contributed by atoms with E-state index < -0.39 is 0 Å². The summed E-state index contributed by atoms with van der Waals surface area (Å²) in [6, 6.07) is 1.54. The second kappa shape index (κ2) is 4.06. The van der Waals surface area contributed by atoms with Gasteiger partial charge in [-0.3, -0.25) is 4.79 Å². The van der Waals surface area contributed by atoms with Gasteiger partial charge in [0.1, 0.15) is 0 Å². The van der Waals surface area contributed by atoms with Gasteiger partial charge in [-0.1, -0.05) is 0 Å². The lowest BCUT2D eigenvalue weighted by atomic mass is 10.1. The molecular weight excluding hydrogens is 192 g/mol. The average molecular weight is 210 g/mol. The molecule has 0 amide bonds. The van der Waals surface area contributed by atoms with Crippen LogP contribution in [0.3, 0.4) is 0 Å². The van der Waals surface area contributed by atoms with Gasteiger partial charge < -0.3 is 15.0 Å². The van der Waals surface area contributed by atoms with Crippen molar-refractivity contribution >= 4 is 5.69 Å². The highest BCUT2D eigenvalue weighted by atomic mass is 16.5. The van der Waals surface area contributed by atoms with Crippen molar-refractivity contribution in [2.24, 2.45) is 0 Å². The predicted octanol–water partition coefficient (Wildman–Crippen LogP) is 1.16. The van der Waals surface area contributed by atoms with Gasteiger partial charge >= 0.3 is 0 Å². The largest absolute Gasteiger partial charge is 0.397 e. The number of nitrogen functional groups attached to an aromatic ring is 1. The van der Waals surface area contributed by atoms with Gasteiger partial charge in [0.05, 0.1) is 17.8 Å². The molecule has 0 bridgehead atoms. The van der Waals surface area contributed by atoms with Crippen LogP contribution in [0.5, 0.6) is 0 Å². The normalized spacial score (nSPS) is 11.7. The Hall–Kier alpha value is -1.29. The SMILES string of the molecule is COC(C)(C)Cn1cc(N)c(C)cc1=O. The third-order valence-corrected chi connectivity index (χ3v) is 2.48. The number of hydrogen-bond acceptors (Lipinski definition) is 3. The molecule has 0 aromatic carbocycles. The highest BCUT2D eigenvalue weighted by Gasteiger charge is 2.17. The lowest BCUT2D eigenvalue weighted by Gasteiger charge is -2.24. The third kappa shape index (κ3) is 2.83. The molecule has 15 heavy (non-hydrogen) atoms. The number of pyridine rings is 1. The van der Waals surface area contributed by atoms with Crippen molar-refractivity contribution in [3.05, 3.63) is 28.2 Å². The zero-order valence-electron chi connectivity index (χ0n) is 9.70. The second-order valence-corrected chi connectivity index (χ2v) is 4.34. The lowest BCUT2D eigenvalue weighted by molar-refractivity contribution is 0.00742. The second-order valence-electron chi connectivity index (χ2n) is 4.34. The Morgan fingerprint density at radius 1 is 1.53 bits per heavy atom. The zero-order valence-corrected chi connectivity index (χ0v) is 9.70. The summed E-state index contributed by atoms with van der Waals surface area (Å²) in [5.74, 6) is 0. The van der Waals surface area contributed by atoms with Crippen LogP contribution in [0.2, 0.25) is 0 Å². The summed E-state index contributed by atoms with van der Waals surface area (Å²) in [5, 5.41) is 0. The molecule has 0 aliphatic rings. The lowest BCUT2D eigenvalue weighted by Crippen LogP contribution is -2.34. The molecule has 0 saturated carbocycles. The molecule has 0 radical (unpaired) electrons. The summed E-state index contributed by atoms with van der Waals surface area (Å²) in [6.45, 7) is 6.17. The van der Waals surface area contributed by atoms with E-state index in [4.69, 9.17) is 10.5 Å². The summed E-state index contributed by atoms with van der Waals surface area (Å²) < 4.78 is 6.84. The molecule has 0 aliphatic carbocycles. The predicted molar refractivity (Wildman–Crippen MR) is 60.9 cm³/mol. The summed E-state index contributed by atoms with van der Waals surface area (Å²) in [5.41, 5.74) is 6.77. The summed E-state index contributed by atoms with van der Waals surface area (Å²) >= 11 is 0. The summed E-state index contributed by atoms with van der Waals surface area (Å²) in [4.78, 5) is 11.6. The van der Waals surface area contributed by atoms with Gasteiger partial charge in [0, 0.05) is 19.4 Å². The van der Waals surface area contributed by atoms with E-state index in [-0.39, 0.29) is 11.2 Å². The van der Waals surface area contributed by atoms with Crippen molar-refractivity contribution in [2.75, 3.05) is 12.8 Å². The fourth-order valence-corrected chi connectivity index (χ4v) is 1.28. The Balaban J connectivity index is 3.06. The molecule has 0 aliphatic heterocycles. The van der Waals surface area contributed by atoms with Crippen molar-refractivity contribution in [3.63, 3.8) is 0 Å². The summed E-state index contributed by atoms with van der Waals surface area (Å²) in [7, 11) is 1.63. The van der Waals surface area contributed by atoms with Crippen molar-refractivity contribution in [1.29, 1.82) is 0 Å². The smallest absolute Gasteiger partial charge is 0.251 e. The van der Waals surface area contributed by atoms with Crippen LogP contribution in [0.4, 0.5) is 5.69 Å². The maximum Gasteiger partial charge on any atom is 0.251 e. The highest BCUT2D eigenvalue weighted by molar-refractivity contribution is 5.42. The fraction of sp³-hybridized carbons (Fsp3) is 0.545. The first-order chi connectivity index (χ1) is 6.85. The molecule has 0 unspecified atom stereocenters. The Morgan fingerprint density at radius 2 is 2.13 bits per heavy atom. The van der Waals surface area contributed by atoms with E-state index in [2.05, 4.69) is 0 Å². The highest BCUT2D eigenvalue weighted by Crippen LogP contribution is 2.12. The molecule has 0 spiro atoms. The van der Waals surface area contributed by atoms with Crippen LogP contribution in [0, 0.1) is 6.92 Å². The summed E-state index contributed by atoms with van der Waals surface area (Å²) in [6.07, 6.45) is 1.67. The van der Waals surface area contributed by atoms with Gasteiger partial charge in [0.15, 0.2) is 0 Å². The molecule has 1 heterocycles. The van der Waals surface area contributed by atoms with Crippen molar-refractivity contribution < 1.29 is 4.74 Å². The topological polar surface area (TPSA) is 57.2 Å². The van der Waals surface area contributed by atoms with E-state index in [1.54, 1.807) is 23.9 Å². The number of nitrogens with zero attached hydrogens (tertiary/aromatic N) is 1. The van der Waals surface area contributed by atoms with Crippen LogP contribution >= 0.6 is 0 Å². The molecule has 0 atom stereocenters. The first-order valence-corrected chi connectivity index (χ1v) is 4.87. The molecule has 1 aromatic heterocycles. The molecule has 1 aromatic rings. The molecule has 4 heteroatoms.